The average molecular weight is 357 g/mol. The van der Waals surface area contributed by atoms with Crippen LogP contribution in [0.3, 0.4) is 0 Å². The molecule has 0 spiro atoms. The third-order valence-corrected chi connectivity index (χ3v) is 5.33. The van der Waals surface area contributed by atoms with Gasteiger partial charge in [-0.1, -0.05) is 30.3 Å². The van der Waals surface area contributed by atoms with E-state index in [1.54, 1.807) is 17.5 Å². The molecule has 0 unspecified atom stereocenters. The summed E-state index contributed by atoms with van der Waals surface area (Å²) in [7, 11) is 0. The number of hydrogen-bond donors (Lipinski definition) is 0. The van der Waals surface area contributed by atoms with E-state index < -0.39 is 6.09 Å². The second-order valence-corrected chi connectivity index (χ2v) is 7.29. The summed E-state index contributed by atoms with van der Waals surface area (Å²) in [6.07, 6.45) is 3.36. The minimum atomic E-state index is -0.424. The van der Waals surface area contributed by atoms with E-state index >= 15 is 0 Å². The number of rotatable bonds is 6. The van der Waals surface area contributed by atoms with Crippen LogP contribution in [0.1, 0.15) is 29.5 Å². The zero-order chi connectivity index (χ0) is 17.2. The maximum Gasteiger partial charge on any atom is 0.410 e. The van der Waals surface area contributed by atoms with Gasteiger partial charge < -0.3 is 9.64 Å². The molecular weight excluding hydrogens is 338 g/mol. The number of carbonyl (C=O) groups excluding carboxylic acids is 2. The number of aromatic nitrogens is 1. The van der Waals surface area contributed by atoms with Gasteiger partial charge >= 0.3 is 6.09 Å². The monoisotopic (exact) mass is 357 g/mol. The van der Waals surface area contributed by atoms with Gasteiger partial charge in [-0.05, 0) is 18.4 Å². The Morgan fingerprint density at radius 1 is 1.32 bits per heavy atom. The Hall–Kier alpha value is -2.41. The van der Waals surface area contributed by atoms with Gasteiger partial charge in [0.25, 0.3) is 0 Å². The van der Waals surface area contributed by atoms with E-state index in [2.05, 4.69) is 4.98 Å². The molecule has 2 heterocycles. The Morgan fingerprint density at radius 3 is 2.80 bits per heavy atom. The molecule has 0 radical (unpaired) electrons. The lowest BCUT2D eigenvalue weighted by Crippen LogP contribution is -2.42. The number of thiazole rings is 1. The van der Waals surface area contributed by atoms with Crippen LogP contribution >= 0.6 is 11.3 Å². The third kappa shape index (κ3) is 3.51. The lowest BCUT2D eigenvalue weighted by Gasteiger charge is -2.26. The van der Waals surface area contributed by atoms with Gasteiger partial charge in [0.15, 0.2) is 0 Å². The molecule has 7 heteroatoms. The Kier molecular flexibility index (Phi) is 4.40. The number of hydrogen-bond acceptors (Lipinski definition) is 5. The highest BCUT2D eigenvalue weighted by Crippen LogP contribution is 2.31. The Bertz CT molecular complexity index is 746. The number of benzene rings is 1. The first-order chi connectivity index (χ1) is 12.2. The molecule has 2 aliphatic rings. The molecule has 4 rings (SSSR count). The van der Waals surface area contributed by atoms with Crippen LogP contribution in [0.25, 0.3) is 0 Å². The van der Waals surface area contributed by atoms with Crippen molar-refractivity contribution < 1.29 is 14.3 Å². The third-order valence-electron chi connectivity index (χ3n) is 4.56. The van der Waals surface area contributed by atoms with E-state index in [1.165, 1.54) is 4.90 Å². The van der Waals surface area contributed by atoms with Gasteiger partial charge in [-0.15, -0.1) is 11.3 Å². The molecule has 0 N–H and O–H groups in total. The maximum absolute atomic E-state index is 12.9. The second-order valence-electron chi connectivity index (χ2n) is 6.31. The highest BCUT2D eigenvalue weighted by Gasteiger charge is 2.39. The predicted octanol–water partition coefficient (Wildman–Crippen LogP) is 2.83. The molecule has 1 aliphatic carbocycles. The minimum absolute atomic E-state index is 0.0419. The van der Waals surface area contributed by atoms with Crippen molar-refractivity contribution in [1.82, 2.24) is 14.8 Å². The van der Waals surface area contributed by atoms with Crippen molar-refractivity contribution in [1.29, 1.82) is 0 Å². The summed E-state index contributed by atoms with van der Waals surface area (Å²) in [6, 6.07) is 9.76. The largest absolute Gasteiger partial charge is 0.447 e. The molecule has 1 aliphatic heterocycles. The number of carbonyl (C=O) groups is 2. The van der Waals surface area contributed by atoms with Crippen LogP contribution < -0.4 is 0 Å². The van der Waals surface area contributed by atoms with E-state index in [0.29, 0.717) is 6.54 Å². The molecule has 2 amide bonds. The molecule has 1 saturated heterocycles. The molecule has 130 valence electrons. The highest BCUT2D eigenvalue weighted by atomic mass is 32.1. The van der Waals surface area contributed by atoms with Crippen molar-refractivity contribution in [3.63, 3.8) is 0 Å². The normalized spacial score (nSPS) is 19.8. The molecular formula is C18H19N3O3S. The fourth-order valence-electron chi connectivity index (χ4n) is 3.10. The van der Waals surface area contributed by atoms with Gasteiger partial charge in [-0.3, -0.25) is 9.69 Å². The lowest BCUT2D eigenvalue weighted by molar-refractivity contribution is -0.133. The first-order valence-corrected chi connectivity index (χ1v) is 9.26. The molecule has 6 nitrogen and oxygen atoms in total. The summed E-state index contributed by atoms with van der Waals surface area (Å²) in [4.78, 5) is 32.7. The van der Waals surface area contributed by atoms with E-state index in [9.17, 15) is 9.59 Å². The Balaban J connectivity index is 1.48. The van der Waals surface area contributed by atoms with Crippen LogP contribution in [-0.4, -0.2) is 46.0 Å². The van der Waals surface area contributed by atoms with Crippen LogP contribution in [0, 0.1) is 0 Å². The first-order valence-electron chi connectivity index (χ1n) is 8.38. The van der Waals surface area contributed by atoms with Gasteiger partial charge in [0, 0.05) is 17.6 Å². The molecule has 0 bridgehead atoms. The maximum atomic E-state index is 12.9. The minimum Gasteiger partial charge on any atom is -0.447 e. The van der Waals surface area contributed by atoms with Gasteiger partial charge in [0.2, 0.25) is 5.91 Å². The lowest BCUT2D eigenvalue weighted by atomic mass is 10.1. The summed E-state index contributed by atoms with van der Waals surface area (Å²) in [5, 5.41) is 2.83. The fraction of sp³-hybridized carbons (Fsp3) is 0.389. The van der Waals surface area contributed by atoms with Crippen molar-refractivity contribution in [3.05, 3.63) is 52.5 Å². The quantitative estimate of drug-likeness (QED) is 0.797. The molecule has 1 aromatic carbocycles. The van der Waals surface area contributed by atoms with Crippen molar-refractivity contribution >= 4 is 23.3 Å². The molecule has 2 aromatic rings. The van der Waals surface area contributed by atoms with Crippen molar-refractivity contribution in [2.75, 3.05) is 13.2 Å². The molecule has 1 saturated carbocycles. The van der Waals surface area contributed by atoms with E-state index in [0.717, 1.165) is 23.4 Å². The molecule has 25 heavy (non-hydrogen) atoms. The first kappa shape index (κ1) is 16.1. The number of amides is 2. The van der Waals surface area contributed by atoms with Gasteiger partial charge in [-0.25, -0.2) is 9.78 Å². The van der Waals surface area contributed by atoms with Crippen molar-refractivity contribution in [2.45, 2.75) is 31.5 Å². The summed E-state index contributed by atoms with van der Waals surface area (Å²) < 4.78 is 5.20. The van der Waals surface area contributed by atoms with E-state index in [-0.39, 0.29) is 31.1 Å². The van der Waals surface area contributed by atoms with Gasteiger partial charge in [0.05, 0.1) is 12.6 Å². The average Bonchev–Trinajstić information content (AvgIpc) is 3.22. The molecule has 1 aromatic heterocycles. The van der Waals surface area contributed by atoms with Gasteiger partial charge in [0.1, 0.15) is 18.2 Å². The highest BCUT2D eigenvalue weighted by molar-refractivity contribution is 7.09. The smallest absolute Gasteiger partial charge is 0.410 e. The number of ether oxygens (including phenoxy) is 1. The number of cyclic esters (lactones) is 1. The Labute approximate surface area is 150 Å². The van der Waals surface area contributed by atoms with E-state index in [4.69, 9.17) is 4.74 Å². The summed E-state index contributed by atoms with van der Waals surface area (Å²) in [5.74, 6) is -0.0440. The topological polar surface area (TPSA) is 62.7 Å². The summed E-state index contributed by atoms with van der Waals surface area (Å²) in [6.45, 7) is 0.840. The van der Waals surface area contributed by atoms with Crippen LogP contribution in [-0.2, 0) is 16.1 Å². The predicted molar refractivity (Wildman–Crippen MR) is 92.9 cm³/mol. The zero-order valence-electron chi connectivity index (χ0n) is 13.7. The fourth-order valence-corrected chi connectivity index (χ4v) is 3.71. The van der Waals surface area contributed by atoms with Crippen LogP contribution in [0.2, 0.25) is 0 Å². The van der Waals surface area contributed by atoms with E-state index in [1.807, 2.05) is 40.6 Å². The van der Waals surface area contributed by atoms with Crippen LogP contribution in [0.15, 0.2) is 41.9 Å². The van der Waals surface area contributed by atoms with Crippen LogP contribution in [0.5, 0.6) is 0 Å². The summed E-state index contributed by atoms with van der Waals surface area (Å²) in [5.41, 5.74) is 0.985. The molecule has 2 fully saturated rings. The second kappa shape index (κ2) is 6.84. The van der Waals surface area contributed by atoms with Crippen LogP contribution in [0.4, 0.5) is 4.79 Å². The van der Waals surface area contributed by atoms with Crippen molar-refractivity contribution in [3.8, 4) is 0 Å². The van der Waals surface area contributed by atoms with Gasteiger partial charge in [-0.2, -0.15) is 0 Å². The Morgan fingerprint density at radius 2 is 2.12 bits per heavy atom. The molecule has 1 atom stereocenters. The van der Waals surface area contributed by atoms with Crippen molar-refractivity contribution in [2.24, 2.45) is 0 Å². The SMILES string of the molecule is O=C(CN1C(=O)OC[C@@H]1c1ccccc1)N(Cc1nccs1)C1CC1. The summed E-state index contributed by atoms with van der Waals surface area (Å²) >= 11 is 1.54. The standard InChI is InChI=1S/C18H19N3O3S/c22-17(20(14-6-7-14)10-16-19-8-9-25-16)11-21-15(12-24-18(21)23)13-4-2-1-3-5-13/h1-5,8-9,14-15H,6-7,10-12H2/t15-/m1/s1. The number of nitrogens with zero attached hydrogens (tertiary/aromatic N) is 3. The zero-order valence-corrected chi connectivity index (χ0v) is 14.5.